The molecule has 120 valence electrons. The number of hydrogen-bond acceptors (Lipinski definition) is 4. The summed E-state index contributed by atoms with van der Waals surface area (Å²) in [5, 5.41) is 30.3. The van der Waals surface area contributed by atoms with E-state index in [-0.39, 0.29) is 17.2 Å². The van der Waals surface area contributed by atoms with Crippen molar-refractivity contribution in [2.75, 3.05) is 0 Å². The van der Waals surface area contributed by atoms with Crippen LogP contribution in [-0.2, 0) is 0 Å². The van der Waals surface area contributed by atoms with Crippen LogP contribution in [0.15, 0.2) is 18.2 Å². The van der Waals surface area contributed by atoms with Gasteiger partial charge in [-0.3, -0.25) is 0 Å². The highest BCUT2D eigenvalue weighted by Crippen LogP contribution is 2.61. The molecule has 0 radical (unpaired) electrons. The Balaban J connectivity index is 1.75. The molecule has 0 amide bonds. The Morgan fingerprint density at radius 2 is 1.95 bits per heavy atom. The van der Waals surface area contributed by atoms with Crippen molar-refractivity contribution >= 4 is 0 Å². The Kier molecular flexibility index (Phi) is 3.09. The minimum atomic E-state index is -0.615. The van der Waals surface area contributed by atoms with Gasteiger partial charge >= 0.3 is 0 Å². The van der Waals surface area contributed by atoms with Gasteiger partial charge < -0.3 is 21.1 Å². The van der Waals surface area contributed by atoms with Crippen molar-refractivity contribution in [3.05, 3.63) is 29.3 Å². The third-order valence-electron chi connectivity index (χ3n) is 6.81. The van der Waals surface area contributed by atoms with Crippen LogP contribution >= 0.6 is 0 Å². The topological polar surface area (TPSA) is 86.7 Å². The summed E-state index contributed by atoms with van der Waals surface area (Å²) in [6.45, 7) is 2.13. The molecule has 0 unspecified atom stereocenters. The predicted octanol–water partition coefficient (Wildman–Crippen LogP) is 2.04. The number of nitrogens with two attached hydrogens (primary N) is 1. The van der Waals surface area contributed by atoms with Crippen LogP contribution in [0.5, 0.6) is 5.75 Å². The number of aliphatic hydroxyl groups excluding tert-OH is 2. The SMILES string of the molecule is C[C@]12CC[C@@H]3c4ccc(O)cc4[C@@H](N)C[C@H]3[C@@H]1C[C@@H](O)[C@@H]2O. The van der Waals surface area contributed by atoms with Crippen molar-refractivity contribution in [1.82, 2.24) is 0 Å². The van der Waals surface area contributed by atoms with Crippen molar-refractivity contribution in [1.29, 1.82) is 0 Å². The number of phenolic OH excluding ortho intramolecular Hbond substituents is 1. The lowest BCUT2D eigenvalue weighted by atomic mass is 9.55. The quantitative estimate of drug-likeness (QED) is 0.591. The van der Waals surface area contributed by atoms with Crippen LogP contribution in [0.25, 0.3) is 0 Å². The first-order valence-corrected chi connectivity index (χ1v) is 8.36. The Morgan fingerprint density at radius 1 is 1.18 bits per heavy atom. The standard InChI is InChI=1S/C18H25NO3/c1-18-5-4-11-10-3-2-9(20)6-13(10)15(19)7-12(11)14(18)8-16(21)17(18)22/h2-3,6,11-12,14-17,20-22H,4-5,7-8,19H2,1H3/t11-,12-,14+,15+,16-,17+,18+/m1/s1. The zero-order valence-electron chi connectivity index (χ0n) is 12.9. The van der Waals surface area contributed by atoms with E-state index in [9.17, 15) is 15.3 Å². The fourth-order valence-corrected chi connectivity index (χ4v) is 5.63. The molecule has 7 atom stereocenters. The molecule has 0 aliphatic heterocycles. The fraction of sp³-hybridized carbons (Fsp3) is 0.667. The molecule has 3 aliphatic carbocycles. The van der Waals surface area contributed by atoms with Gasteiger partial charge in [-0.05, 0) is 72.1 Å². The number of phenols is 1. The molecule has 3 aliphatic rings. The maximum atomic E-state index is 10.4. The summed E-state index contributed by atoms with van der Waals surface area (Å²) in [5.41, 5.74) is 8.53. The first-order valence-electron chi connectivity index (χ1n) is 8.36. The first-order chi connectivity index (χ1) is 10.4. The zero-order chi connectivity index (χ0) is 15.6. The molecule has 0 aromatic heterocycles. The van der Waals surface area contributed by atoms with E-state index in [1.807, 2.05) is 12.1 Å². The van der Waals surface area contributed by atoms with Crippen LogP contribution in [-0.4, -0.2) is 27.5 Å². The van der Waals surface area contributed by atoms with Gasteiger partial charge in [0.15, 0.2) is 0 Å². The molecule has 0 spiro atoms. The highest BCUT2D eigenvalue weighted by Gasteiger charge is 2.58. The predicted molar refractivity (Wildman–Crippen MR) is 83.3 cm³/mol. The van der Waals surface area contributed by atoms with Crippen molar-refractivity contribution in [2.45, 2.75) is 56.8 Å². The number of benzene rings is 1. The number of rotatable bonds is 0. The van der Waals surface area contributed by atoms with E-state index in [4.69, 9.17) is 5.73 Å². The Hall–Kier alpha value is -1.10. The molecular formula is C18H25NO3. The second kappa shape index (κ2) is 4.70. The number of aliphatic hydroxyl groups is 2. The van der Waals surface area contributed by atoms with E-state index < -0.39 is 12.2 Å². The second-order valence-corrected chi connectivity index (χ2v) is 7.82. The van der Waals surface area contributed by atoms with Crippen LogP contribution in [0.4, 0.5) is 0 Å². The zero-order valence-corrected chi connectivity index (χ0v) is 12.9. The average molecular weight is 303 g/mol. The smallest absolute Gasteiger partial charge is 0.115 e. The molecule has 2 fully saturated rings. The Bertz CT molecular complexity index is 604. The van der Waals surface area contributed by atoms with E-state index >= 15 is 0 Å². The van der Waals surface area contributed by atoms with E-state index in [1.165, 1.54) is 5.56 Å². The van der Waals surface area contributed by atoms with Gasteiger partial charge in [0.25, 0.3) is 0 Å². The fourth-order valence-electron chi connectivity index (χ4n) is 5.63. The number of aromatic hydroxyl groups is 1. The monoisotopic (exact) mass is 303 g/mol. The number of fused-ring (bicyclic) bond motifs is 5. The normalized spacial score (nSPS) is 46.7. The summed E-state index contributed by atoms with van der Waals surface area (Å²) >= 11 is 0. The lowest BCUT2D eigenvalue weighted by molar-refractivity contribution is -0.0516. The summed E-state index contributed by atoms with van der Waals surface area (Å²) in [6, 6.07) is 5.51. The Morgan fingerprint density at radius 3 is 2.73 bits per heavy atom. The van der Waals surface area contributed by atoms with Gasteiger partial charge in [0.2, 0.25) is 0 Å². The molecule has 1 aromatic rings. The summed E-state index contributed by atoms with van der Waals surface area (Å²) in [6.07, 6.45) is 2.29. The molecule has 5 N–H and O–H groups in total. The summed E-state index contributed by atoms with van der Waals surface area (Å²) in [4.78, 5) is 0. The van der Waals surface area contributed by atoms with Gasteiger partial charge in [-0.2, -0.15) is 0 Å². The van der Waals surface area contributed by atoms with Crippen LogP contribution in [0.3, 0.4) is 0 Å². The average Bonchev–Trinajstić information content (AvgIpc) is 2.72. The Labute approximate surface area is 131 Å². The molecule has 0 saturated heterocycles. The molecule has 4 nitrogen and oxygen atoms in total. The third-order valence-corrected chi connectivity index (χ3v) is 6.81. The lowest BCUT2D eigenvalue weighted by Crippen LogP contribution is -2.46. The van der Waals surface area contributed by atoms with Crippen molar-refractivity contribution in [2.24, 2.45) is 23.0 Å². The van der Waals surface area contributed by atoms with E-state index in [1.54, 1.807) is 6.07 Å². The van der Waals surface area contributed by atoms with E-state index in [0.29, 0.717) is 24.2 Å². The molecule has 4 heteroatoms. The van der Waals surface area contributed by atoms with Gasteiger partial charge in [0.1, 0.15) is 5.75 Å². The molecule has 2 saturated carbocycles. The van der Waals surface area contributed by atoms with E-state index in [0.717, 1.165) is 24.8 Å². The van der Waals surface area contributed by atoms with Gasteiger partial charge in [0, 0.05) is 6.04 Å². The largest absolute Gasteiger partial charge is 0.508 e. The molecule has 0 heterocycles. The third kappa shape index (κ3) is 1.81. The molecule has 0 bridgehead atoms. The molecule has 4 rings (SSSR count). The molecular weight excluding hydrogens is 278 g/mol. The summed E-state index contributed by atoms with van der Waals surface area (Å²) in [7, 11) is 0. The van der Waals surface area contributed by atoms with Gasteiger partial charge in [-0.1, -0.05) is 13.0 Å². The summed E-state index contributed by atoms with van der Waals surface area (Å²) < 4.78 is 0. The van der Waals surface area contributed by atoms with Gasteiger partial charge in [-0.15, -0.1) is 0 Å². The molecule has 22 heavy (non-hydrogen) atoms. The van der Waals surface area contributed by atoms with Gasteiger partial charge in [-0.25, -0.2) is 0 Å². The van der Waals surface area contributed by atoms with Crippen LogP contribution in [0, 0.1) is 17.3 Å². The molecule has 1 aromatic carbocycles. The van der Waals surface area contributed by atoms with Crippen LogP contribution in [0.2, 0.25) is 0 Å². The van der Waals surface area contributed by atoms with Crippen LogP contribution < -0.4 is 5.73 Å². The maximum Gasteiger partial charge on any atom is 0.115 e. The highest BCUT2D eigenvalue weighted by molar-refractivity contribution is 5.42. The van der Waals surface area contributed by atoms with Crippen molar-refractivity contribution in [3.63, 3.8) is 0 Å². The van der Waals surface area contributed by atoms with Gasteiger partial charge in [0.05, 0.1) is 12.2 Å². The first kappa shape index (κ1) is 14.5. The van der Waals surface area contributed by atoms with Crippen LogP contribution in [0.1, 0.15) is 55.7 Å². The maximum absolute atomic E-state index is 10.4. The lowest BCUT2D eigenvalue weighted by Gasteiger charge is -2.51. The second-order valence-electron chi connectivity index (χ2n) is 7.82. The van der Waals surface area contributed by atoms with E-state index in [2.05, 4.69) is 6.92 Å². The number of hydrogen-bond donors (Lipinski definition) is 4. The highest BCUT2D eigenvalue weighted by atomic mass is 16.3. The van der Waals surface area contributed by atoms with Crippen molar-refractivity contribution in [3.8, 4) is 5.75 Å². The minimum Gasteiger partial charge on any atom is -0.508 e. The summed E-state index contributed by atoms with van der Waals surface area (Å²) in [5.74, 6) is 1.45. The van der Waals surface area contributed by atoms with Crippen molar-refractivity contribution < 1.29 is 15.3 Å². The minimum absolute atomic E-state index is 0.0689.